The molecule has 1 fully saturated rings. The Morgan fingerprint density at radius 3 is 2.30 bits per heavy atom. The topological polar surface area (TPSA) is 43.4 Å². The van der Waals surface area contributed by atoms with E-state index in [1.165, 1.54) is 13.5 Å². The monoisotopic (exact) mass is 294 g/mol. The molecule has 3 nitrogen and oxygen atoms in total. The van der Waals surface area contributed by atoms with Crippen LogP contribution in [0.1, 0.15) is 42.5 Å². The van der Waals surface area contributed by atoms with Crippen molar-refractivity contribution in [2.24, 2.45) is 11.8 Å². The summed E-state index contributed by atoms with van der Waals surface area (Å²) < 4.78 is 4.85. The Bertz CT molecular complexity index is 475. The molecule has 1 aromatic rings. The van der Waals surface area contributed by atoms with Crippen LogP contribution in [-0.4, -0.2) is 18.9 Å². The second kappa shape index (κ2) is 6.89. The quantitative estimate of drug-likeness (QED) is 0.481. The Labute approximate surface area is 124 Å². The van der Waals surface area contributed by atoms with E-state index in [-0.39, 0.29) is 11.7 Å². The van der Waals surface area contributed by atoms with Gasteiger partial charge in [0, 0.05) is 10.6 Å². The van der Waals surface area contributed by atoms with Gasteiger partial charge in [0.2, 0.25) is 0 Å². The van der Waals surface area contributed by atoms with Crippen LogP contribution in [-0.2, 0) is 9.53 Å². The fourth-order valence-electron chi connectivity index (χ4n) is 2.90. The van der Waals surface area contributed by atoms with Crippen molar-refractivity contribution in [2.75, 3.05) is 7.11 Å². The van der Waals surface area contributed by atoms with Gasteiger partial charge in [-0.1, -0.05) is 30.9 Å². The lowest BCUT2D eigenvalue weighted by Crippen LogP contribution is -2.33. The third kappa shape index (κ3) is 3.40. The number of carbonyl (C=O) groups excluding carboxylic acids is 2. The number of ketones is 1. The van der Waals surface area contributed by atoms with Gasteiger partial charge < -0.3 is 4.74 Å². The highest BCUT2D eigenvalue weighted by atomic mass is 35.5. The van der Waals surface area contributed by atoms with Gasteiger partial charge in [0.05, 0.1) is 7.11 Å². The lowest BCUT2D eigenvalue weighted by molar-refractivity contribution is -0.145. The smallest absolute Gasteiger partial charge is 0.316 e. The minimum atomic E-state index is -0.679. The van der Waals surface area contributed by atoms with Gasteiger partial charge in [-0.2, -0.15) is 0 Å². The van der Waals surface area contributed by atoms with Crippen LogP contribution in [0.15, 0.2) is 24.3 Å². The largest absolute Gasteiger partial charge is 0.468 e. The molecule has 1 aliphatic rings. The number of carbonyl (C=O) groups is 2. The lowest BCUT2D eigenvalue weighted by Gasteiger charge is -2.27. The maximum atomic E-state index is 12.6. The Balaban J connectivity index is 2.23. The van der Waals surface area contributed by atoms with Crippen LogP contribution < -0.4 is 0 Å². The van der Waals surface area contributed by atoms with E-state index < -0.39 is 11.9 Å². The fourth-order valence-corrected chi connectivity index (χ4v) is 3.03. The van der Waals surface area contributed by atoms with Crippen molar-refractivity contribution in [1.29, 1.82) is 0 Å². The Hall–Kier alpha value is -1.35. The first-order valence-electron chi connectivity index (χ1n) is 7.01. The number of benzene rings is 1. The number of hydrogen-bond acceptors (Lipinski definition) is 3. The molecule has 0 spiro atoms. The highest BCUT2D eigenvalue weighted by Crippen LogP contribution is 2.32. The van der Waals surface area contributed by atoms with E-state index in [0.29, 0.717) is 10.6 Å². The fraction of sp³-hybridized carbons (Fsp3) is 0.500. The number of hydrogen-bond donors (Lipinski definition) is 0. The van der Waals surface area contributed by atoms with Crippen molar-refractivity contribution in [2.45, 2.75) is 32.1 Å². The van der Waals surface area contributed by atoms with E-state index in [2.05, 4.69) is 0 Å². The molecule has 1 atom stereocenters. The summed E-state index contributed by atoms with van der Waals surface area (Å²) in [5.74, 6) is -1.15. The average molecular weight is 295 g/mol. The van der Waals surface area contributed by atoms with Crippen molar-refractivity contribution >= 4 is 23.4 Å². The highest BCUT2D eigenvalue weighted by molar-refractivity contribution is 6.30. The molecule has 0 saturated heterocycles. The van der Waals surface area contributed by atoms with Crippen molar-refractivity contribution in [3.63, 3.8) is 0 Å². The van der Waals surface area contributed by atoms with Gasteiger partial charge in [-0.25, -0.2) is 0 Å². The maximum Gasteiger partial charge on any atom is 0.316 e. The van der Waals surface area contributed by atoms with E-state index >= 15 is 0 Å². The van der Waals surface area contributed by atoms with Crippen LogP contribution in [0.5, 0.6) is 0 Å². The summed E-state index contributed by atoms with van der Waals surface area (Å²) in [4.78, 5) is 24.6. The minimum absolute atomic E-state index is 0.0966. The van der Waals surface area contributed by atoms with Gasteiger partial charge in [-0.15, -0.1) is 0 Å². The summed E-state index contributed by atoms with van der Waals surface area (Å²) in [5, 5.41) is 0.578. The first-order chi connectivity index (χ1) is 9.63. The standard InChI is InChI=1S/C16H19ClO3/c1-20-16(19)14(11-5-3-2-4-6-11)15(18)12-7-9-13(17)10-8-12/h7-11,14H,2-6H2,1H3. The predicted molar refractivity (Wildman–Crippen MR) is 77.9 cm³/mol. The number of halogens is 1. The van der Waals surface area contributed by atoms with Crippen LogP contribution in [0.25, 0.3) is 0 Å². The molecule has 0 bridgehead atoms. The van der Waals surface area contributed by atoms with E-state index in [1.807, 2.05) is 0 Å². The molecule has 2 rings (SSSR count). The molecule has 1 unspecified atom stereocenters. The molecule has 0 radical (unpaired) electrons. The van der Waals surface area contributed by atoms with Crippen molar-refractivity contribution in [1.82, 2.24) is 0 Å². The molecule has 20 heavy (non-hydrogen) atoms. The highest BCUT2D eigenvalue weighted by Gasteiger charge is 2.36. The van der Waals surface area contributed by atoms with Gasteiger partial charge in [0.15, 0.2) is 5.78 Å². The first-order valence-corrected chi connectivity index (χ1v) is 7.39. The molecule has 1 aromatic carbocycles. The number of ether oxygens (including phenoxy) is 1. The first kappa shape index (κ1) is 15.0. The van der Waals surface area contributed by atoms with Gasteiger partial charge in [-0.05, 0) is 43.0 Å². The predicted octanol–water partition coefficient (Wildman–Crippen LogP) is 3.89. The number of methoxy groups -OCH3 is 1. The van der Waals surface area contributed by atoms with Crippen LogP contribution >= 0.6 is 11.6 Å². The molecule has 1 aliphatic carbocycles. The zero-order valence-corrected chi connectivity index (χ0v) is 12.4. The maximum absolute atomic E-state index is 12.6. The zero-order valence-electron chi connectivity index (χ0n) is 11.6. The van der Waals surface area contributed by atoms with Crippen molar-refractivity contribution < 1.29 is 14.3 Å². The van der Waals surface area contributed by atoms with E-state index in [0.717, 1.165) is 25.7 Å². The minimum Gasteiger partial charge on any atom is -0.468 e. The molecule has 108 valence electrons. The van der Waals surface area contributed by atoms with Crippen molar-refractivity contribution in [3.05, 3.63) is 34.9 Å². The molecule has 0 amide bonds. The van der Waals surface area contributed by atoms with Crippen LogP contribution in [0.3, 0.4) is 0 Å². The SMILES string of the molecule is COC(=O)C(C(=O)c1ccc(Cl)cc1)C1CCCCC1. The summed E-state index contributed by atoms with van der Waals surface area (Å²) in [6.07, 6.45) is 5.16. The molecule has 4 heteroatoms. The Kier molecular flexibility index (Phi) is 5.18. The molecular formula is C16H19ClO3. The molecule has 0 N–H and O–H groups in total. The number of rotatable bonds is 4. The zero-order chi connectivity index (χ0) is 14.5. The molecule has 0 aliphatic heterocycles. The van der Waals surface area contributed by atoms with Crippen LogP contribution in [0.4, 0.5) is 0 Å². The molecule has 0 heterocycles. The molecule has 1 saturated carbocycles. The summed E-state index contributed by atoms with van der Waals surface area (Å²) >= 11 is 5.83. The van der Waals surface area contributed by atoms with Crippen molar-refractivity contribution in [3.8, 4) is 0 Å². The molecular weight excluding hydrogens is 276 g/mol. The van der Waals surface area contributed by atoms with Gasteiger partial charge in [0.1, 0.15) is 5.92 Å². The third-order valence-electron chi connectivity index (χ3n) is 3.99. The average Bonchev–Trinajstić information content (AvgIpc) is 2.49. The second-order valence-electron chi connectivity index (χ2n) is 5.27. The van der Waals surface area contributed by atoms with Gasteiger partial charge in [-0.3, -0.25) is 9.59 Å². The second-order valence-corrected chi connectivity index (χ2v) is 5.71. The third-order valence-corrected chi connectivity index (χ3v) is 4.24. The number of esters is 1. The summed E-state index contributed by atoms with van der Waals surface area (Å²) in [5.41, 5.74) is 0.523. The summed E-state index contributed by atoms with van der Waals surface area (Å²) in [6, 6.07) is 6.68. The Morgan fingerprint density at radius 1 is 1.15 bits per heavy atom. The summed E-state index contributed by atoms with van der Waals surface area (Å²) in [7, 11) is 1.34. The van der Waals surface area contributed by atoms with E-state index in [4.69, 9.17) is 16.3 Å². The lowest BCUT2D eigenvalue weighted by atomic mass is 9.77. The van der Waals surface area contributed by atoms with E-state index in [9.17, 15) is 9.59 Å². The number of Topliss-reactive ketones (excluding diaryl/α,β-unsaturated/α-hetero) is 1. The van der Waals surface area contributed by atoms with Gasteiger partial charge in [0.25, 0.3) is 0 Å². The van der Waals surface area contributed by atoms with Crippen LogP contribution in [0, 0.1) is 11.8 Å². The molecule has 0 aromatic heterocycles. The van der Waals surface area contributed by atoms with E-state index in [1.54, 1.807) is 24.3 Å². The normalized spacial score (nSPS) is 17.5. The van der Waals surface area contributed by atoms with Crippen LogP contribution in [0.2, 0.25) is 5.02 Å². The summed E-state index contributed by atoms with van der Waals surface area (Å²) in [6.45, 7) is 0. The Morgan fingerprint density at radius 2 is 1.75 bits per heavy atom. The van der Waals surface area contributed by atoms with Gasteiger partial charge >= 0.3 is 5.97 Å².